The Kier molecular flexibility index (Phi) is 2.83. The van der Waals surface area contributed by atoms with E-state index in [4.69, 9.17) is 0 Å². The van der Waals surface area contributed by atoms with Gasteiger partial charge < -0.3 is 10.1 Å². The molecule has 0 saturated heterocycles. The van der Waals surface area contributed by atoms with Crippen molar-refractivity contribution < 1.29 is 5.11 Å². The number of benzene rings is 1. The summed E-state index contributed by atoms with van der Waals surface area (Å²) in [6.07, 6.45) is 3.40. The van der Waals surface area contributed by atoms with Gasteiger partial charge in [0, 0.05) is 18.8 Å². The highest BCUT2D eigenvalue weighted by Crippen LogP contribution is 2.14. The summed E-state index contributed by atoms with van der Waals surface area (Å²) in [5, 5.41) is 9.84. The fraction of sp³-hybridized carbons (Fsp3) is 0.250. The van der Waals surface area contributed by atoms with E-state index in [1.54, 1.807) is 12.4 Å². The quantitative estimate of drug-likeness (QED) is 0.799. The van der Waals surface area contributed by atoms with Gasteiger partial charge in [-0.2, -0.15) is 0 Å². The molecule has 78 valence electrons. The van der Waals surface area contributed by atoms with Crippen molar-refractivity contribution in [1.29, 1.82) is 0 Å². The van der Waals surface area contributed by atoms with Crippen molar-refractivity contribution in [2.75, 3.05) is 0 Å². The van der Waals surface area contributed by atoms with Crippen molar-refractivity contribution in [2.45, 2.75) is 19.4 Å². The fourth-order valence-corrected chi connectivity index (χ4v) is 1.50. The van der Waals surface area contributed by atoms with Gasteiger partial charge in [0.25, 0.3) is 0 Å². The Balaban J connectivity index is 2.06. The number of hydrogen-bond acceptors (Lipinski definition) is 2. The van der Waals surface area contributed by atoms with Crippen molar-refractivity contribution in [3.63, 3.8) is 0 Å². The molecule has 0 amide bonds. The molecule has 0 saturated carbocycles. The van der Waals surface area contributed by atoms with Crippen LogP contribution in [0.2, 0.25) is 0 Å². The standard InChI is InChI=1S/C12H14N2O/c1-9-2-4-10(5-3-9)8-11(15)12-13-6-7-14-12/h2-7,11,15H,8H2,1H3,(H,13,14). The molecule has 15 heavy (non-hydrogen) atoms. The van der Waals surface area contributed by atoms with Crippen LogP contribution in [0.3, 0.4) is 0 Å². The van der Waals surface area contributed by atoms with Crippen molar-refractivity contribution in [3.8, 4) is 0 Å². The zero-order valence-corrected chi connectivity index (χ0v) is 8.64. The van der Waals surface area contributed by atoms with Crippen LogP contribution in [0.1, 0.15) is 23.1 Å². The maximum atomic E-state index is 9.84. The lowest BCUT2D eigenvalue weighted by Crippen LogP contribution is -2.03. The average molecular weight is 202 g/mol. The van der Waals surface area contributed by atoms with Crippen LogP contribution < -0.4 is 0 Å². The van der Waals surface area contributed by atoms with Gasteiger partial charge in [0.1, 0.15) is 11.9 Å². The molecule has 0 spiro atoms. The Morgan fingerprint density at radius 2 is 2.07 bits per heavy atom. The van der Waals surface area contributed by atoms with Gasteiger partial charge >= 0.3 is 0 Å². The number of aromatic amines is 1. The molecule has 1 aromatic heterocycles. The molecule has 1 atom stereocenters. The lowest BCUT2D eigenvalue weighted by atomic mass is 10.1. The van der Waals surface area contributed by atoms with Gasteiger partial charge in [0.2, 0.25) is 0 Å². The van der Waals surface area contributed by atoms with E-state index in [0.717, 1.165) is 5.56 Å². The third-order valence-corrected chi connectivity index (χ3v) is 2.38. The zero-order chi connectivity index (χ0) is 10.7. The van der Waals surface area contributed by atoms with Gasteiger partial charge in [0.05, 0.1) is 0 Å². The van der Waals surface area contributed by atoms with E-state index in [1.165, 1.54) is 5.56 Å². The molecule has 0 radical (unpaired) electrons. The lowest BCUT2D eigenvalue weighted by Gasteiger charge is -2.07. The molecule has 1 aromatic carbocycles. The largest absolute Gasteiger partial charge is 0.385 e. The third-order valence-electron chi connectivity index (χ3n) is 2.38. The van der Waals surface area contributed by atoms with Crippen molar-refractivity contribution >= 4 is 0 Å². The molecule has 1 unspecified atom stereocenters. The van der Waals surface area contributed by atoms with Crippen LogP contribution in [0.5, 0.6) is 0 Å². The van der Waals surface area contributed by atoms with Crippen molar-refractivity contribution in [3.05, 3.63) is 53.6 Å². The van der Waals surface area contributed by atoms with Crippen LogP contribution in [-0.2, 0) is 6.42 Å². The Bertz CT molecular complexity index is 406. The van der Waals surface area contributed by atoms with Gasteiger partial charge in [-0.05, 0) is 12.5 Å². The highest BCUT2D eigenvalue weighted by Gasteiger charge is 2.09. The van der Waals surface area contributed by atoms with E-state index in [0.29, 0.717) is 12.2 Å². The van der Waals surface area contributed by atoms with Gasteiger partial charge in [-0.15, -0.1) is 0 Å². The minimum Gasteiger partial charge on any atom is -0.385 e. The Hall–Kier alpha value is -1.61. The molecule has 3 nitrogen and oxygen atoms in total. The number of hydrogen-bond donors (Lipinski definition) is 2. The predicted molar refractivity (Wildman–Crippen MR) is 58.4 cm³/mol. The third kappa shape index (κ3) is 2.44. The van der Waals surface area contributed by atoms with Crippen LogP contribution in [0.15, 0.2) is 36.7 Å². The van der Waals surface area contributed by atoms with Crippen LogP contribution in [0.25, 0.3) is 0 Å². The molecular weight excluding hydrogens is 188 g/mol. The summed E-state index contributed by atoms with van der Waals surface area (Å²) in [4.78, 5) is 6.93. The number of aliphatic hydroxyl groups is 1. The number of H-pyrrole nitrogens is 1. The first kappa shape index (κ1) is 9.93. The SMILES string of the molecule is Cc1ccc(CC(O)c2ncc[nH]2)cc1. The molecular formula is C12H14N2O. The average Bonchev–Trinajstić information content (AvgIpc) is 2.74. The summed E-state index contributed by atoms with van der Waals surface area (Å²) in [6.45, 7) is 2.05. The first-order chi connectivity index (χ1) is 7.25. The minimum atomic E-state index is -0.553. The first-order valence-corrected chi connectivity index (χ1v) is 4.98. The topological polar surface area (TPSA) is 48.9 Å². The lowest BCUT2D eigenvalue weighted by molar-refractivity contribution is 0.169. The molecule has 0 aliphatic rings. The number of nitrogens with one attached hydrogen (secondary N) is 1. The Labute approximate surface area is 88.8 Å². The van der Waals surface area contributed by atoms with Crippen molar-refractivity contribution in [2.24, 2.45) is 0 Å². The fourth-order valence-electron chi connectivity index (χ4n) is 1.50. The number of imidazole rings is 1. The minimum absolute atomic E-state index is 0.553. The van der Waals surface area contributed by atoms with Crippen LogP contribution in [-0.4, -0.2) is 15.1 Å². The molecule has 0 bridgehead atoms. The summed E-state index contributed by atoms with van der Waals surface area (Å²) in [5.74, 6) is 0.621. The van der Waals surface area contributed by atoms with Crippen molar-refractivity contribution in [1.82, 2.24) is 9.97 Å². The van der Waals surface area contributed by atoms with E-state index < -0.39 is 6.10 Å². The van der Waals surface area contributed by atoms with Gasteiger partial charge in [0.15, 0.2) is 0 Å². The number of aryl methyl sites for hydroxylation is 1. The van der Waals surface area contributed by atoms with Crippen LogP contribution >= 0.6 is 0 Å². The second-order valence-corrected chi connectivity index (χ2v) is 3.68. The van der Waals surface area contributed by atoms with Crippen LogP contribution in [0, 0.1) is 6.92 Å². The maximum absolute atomic E-state index is 9.84. The monoisotopic (exact) mass is 202 g/mol. The van der Waals surface area contributed by atoms with E-state index >= 15 is 0 Å². The van der Waals surface area contributed by atoms with E-state index in [-0.39, 0.29) is 0 Å². The summed E-state index contributed by atoms with van der Waals surface area (Å²) in [6, 6.07) is 8.15. The summed E-state index contributed by atoms with van der Waals surface area (Å²) in [7, 11) is 0. The molecule has 1 heterocycles. The number of aromatic nitrogens is 2. The number of aliphatic hydroxyl groups excluding tert-OH is 1. The Morgan fingerprint density at radius 1 is 1.33 bits per heavy atom. The highest BCUT2D eigenvalue weighted by atomic mass is 16.3. The normalized spacial score (nSPS) is 12.7. The molecule has 3 heteroatoms. The van der Waals surface area contributed by atoms with Crippen LogP contribution in [0.4, 0.5) is 0 Å². The van der Waals surface area contributed by atoms with E-state index in [9.17, 15) is 5.11 Å². The molecule has 2 N–H and O–H groups in total. The maximum Gasteiger partial charge on any atom is 0.135 e. The number of rotatable bonds is 3. The zero-order valence-electron chi connectivity index (χ0n) is 8.64. The molecule has 0 aliphatic heterocycles. The smallest absolute Gasteiger partial charge is 0.135 e. The number of nitrogens with zero attached hydrogens (tertiary/aromatic N) is 1. The van der Waals surface area contributed by atoms with Gasteiger partial charge in [-0.3, -0.25) is 0 Å². The molecule has 2 rings (SSSR count). The summed E-state index contributed by atoms with van der Waals surface area (Å²) in [5.41, 5.74) is 2.34. The summed E-state index contributed by atoms with van der Waals surface area (Å²) >= 11 is 0. The van der Waals surface area contributed by atoms with E-state index in [2.05, 4.69) is 9.97 Å². The second-order valence-electron chi connectivity index (χ2n) is 3.68. The second kappa shape index (κ2) is 4.28. The summed E-state index contributed by atoms with van der Waals surface area (Å²) < 4.78 is 0. The highest BCUT2D eigenvalue weighted by molar-refractivity contribution is 5.22. The van der Waals surface area contributed by atoms with Gasteiger partial charge in [-0.1, -0.05) is 29.8 Å². The predicted octanol–water partition coefficient (Wildman–Crippen LogP) is 1.99. The van der Waals surface area contributed by atoms with Gasteiger partial charge in [-0.25, -0.2) is 4.98 Å². The Morgan fingerprint density at radius 3 is 2.67 bits per heavy atom. The molecule has 0 aliphatic carbocycles. The van der Waals surface area contributed by atoms with E-state index in [1.807, 2.05) is 31.2 Å². The first-order valence-electron chi connectivity index (χ1n) is 4.98. The molecule has 2 aromatic rings. The molecule has 0 fully saturated rings.